The van der Waals surface area contributed by atoms with Gasteiger partial charge in [0.2, 0.25) is 17.7 Å². The number of carbonyl (C=O) groups excluding carboxylic acids is 3. The zero-order chi connectivity index (χ0) is 19.7. The smallest absolute Gasteiger partial charge is 0.326 e. The second-order valence-electron chi connectivity index (χ2n) is 7.03. The van der Waals surface area contributed by atoms with E-state index < -0.39 is 35.9 Å². The fourth-order valence-electron chi connectivity index (χ4n) is 2.81. The Morgan fingerprint density at radius 1 is 1.23 bits per heavy atom. The van der Waals surface area contributed by atoms with E-state index in [1.807, 2.05) is 13.8 Å². The Kier molecular flexibility index (Phi) is 9.04. The molecule has 148 valence electrons. The fourth-order valence-corrected chi connectivity index (χ4v) is 2.81. The van der Waals surface area contributed by atoms with Crippen molar-refractivity contribution in [3.63, 3.8) is 0 Å². The predicted molar refractivity (Wildman–Crippen MR) is 95.0 cm³/mol. The number of rotatable bonds is 11. The third-order valence-corrected chi connectivity index (χ3v) is 4.21. The molecule has 9 nitrogen and oxygen atoms in total. The molecular weight excluding hydrogens is 340 g/mol. The third kappa shape index (κ3) is 7.38. The van der Waals surface area contributed by atoms with Gasteiger partial charge in [-0.25, -0.2) is 4.79 Å². The van der Waals surface area contributed by atoms with E-state index in [4.69, 9.17) is 5.73 Å². The Labute approximate surface area is 153 Å². The van der Waals surface area contributed by atoms with Crippen molar-refractivity contribution < 1.29 is 24.3 Å². The van der Waals surface area contributed by atoms with Crippen molar-refractivity contribution in [3.8, 4) is 0 Å². The van der Waals surface area contributed by atoms with Gasteiger partial charge < -0.3 is 26.8 Å². The molecule has 1 heterocycles. The maximum atomic E-state index is 12.5. The van der Waals surface area contributed by atoms with Gasteiger partial charge in [0, 0.05) is 6.42 Å². The summed E-state index contributed by atoms with van der Waals surface area (Å²) in [4.78, 5) is 47.4. The minimum atomic E-state index is -1.12. The lowest BCUT2D eigenvalue weighted by Crippen LogP contribution is -2.54. The number of amides is 3. The van der Waals surface area contributed by atoms with Gasteiger partial charge in [0.25, 0.3) is 0 Å². The summed E-state index contributed by atoms with van der Waals surface area (Å²) >= 11 is 0. The van der Waals surface area contributed by atoms with Crippen molar-refractivity contribution in [2.24, 2.45) is 11.7 Å². The molecule has 3 amide bonds. The maximum absolute atomic E-state index is 12.5. The number of aliphatic carboxylic acids is 1. The Morgan fingerprint density at radius 2 is 1.92 bits per heavy atom. The quantitative estimate of drug-likeness (QED) is 0.309. The van der Waals surface area contributed by atoms with Crippen LogP contribution in [0.3, 0.4) is 0 Å². The van der Waals surface area contributed by atoms with Gasteiger partial charge >= 0.3 is 5.97 Å². The van der Waals surface area contributed by atoms with E-state index >= 15 is 0 Å². The molecule has 0 aromatic rings. The standard InChI is InChI=1S/C17H30N4O5/c1-10(2)9-13(21-15(23)11-6-7-14(22)19-11)16(24)20-12(17(25)26)5-3-4-8-18/h10-13H,3-9,18H2,1-2H3,(H,19,22)(H,20,24)(H,21,23)(H,25,26). The average Bonchev–Trinajstić information content (AvgIpc) is 2.99. The summed E-state index contributed by atoms with van der Waals surface area (Å²) in [6, 6.07) is -2.52. The molecule has 9 heteroatoms. The Hall–Kier alpha value is -2.16. The van der Waals surface area contributed by atoms with Crippen LogP contribution in [0.4, 0.5) is 0 Å². The highest BCUT2D eigenvalue weighted by molar-refractivity contribution is 5.94. The number of unbranched alkanes of at least 4 members (excludes halogenated alkanes) is 1. The zero-order valence-electron chi connectivity index (χ0n) is 15.4. The first-order chi connectivity index (χ1) is 12.2. The van der Waals surface area contributed by atoms with Crippen LogP contribution in [0.5, 0.6) is 0 Å². The Balaban J connectivity index is 2.70. The summed E-state index contributed by atoms with van der Waals surface area (Å²) in [5.74, 6) is -2.15. The van der Waals surface area contributed by atoms with Gasteiger partial charge in [-0.1, -0.05) is 13.8 Å². The molecule has 0 aromatic heterocycles. The zero-order valence-corrected chi connectivity index (χ0v) is 15.4. The van der Waals surface area contributed by atoms with Crippen molar-refractivity contribution in [2.75, 3.05) is 6.54 Å². The monoisotopic (exact) mass is 370 g/mol. The first-order valence-electron chi connectivity index (χ1n) is 9.07. The van der Waals surface area contributed by atoms with Crippen LogP contribution in [-0.4, -0.2) is 53.5 Å². The number of nitrogens with two attached hydrogens (primary N) is 1. The van der Waals surface area contributed by atoms with Gasteiger partial charge in [0.1, 0.15) is 18.1 Å². The molecule has 1 aliphatic heterocycles. The summed E-state index contributed by atoms with van der Waals surface area (Å²) in [6.07, 6.45) is 2.57. The first-order valence-corrected chi connectivity index (χ1v) is 9.07. The highest BCUT2D eigenvalue weighted by atomic mass is 16.4. The van der Waals surface area contributed by atoms with E-state index in [-0.39, 0.29) is 24.7 Å². The summed E-state index contributed by atoms with van der Waals surface area (Å²) in [6.45, 7) is 4.26. The second-order valence-corrected chi connectivity index (χ2v) is 7.03. The number of carbonyl (C=O) groups is 4. The van der Waals surface area contributed by atoms with Gasteiger partial charge in [0.05, 0.1) is 0 Å². The Morgan fingerprint density at radius 3 is 2.42 bits per heavy atom. The number of carboxylic acid groups (broad SMARTS) is 1. The minimum Gasteiger partial charge on any atom is -0.480 e. The maximum Gasteiger partial charge on any atom is 0.326 e. The molecule has 26 heavy (non-hydrogen) atoms. The van der Waals surface area contributed by atoms with Crippen LogP contribution in [0.15, 0.2) is 0 Å². The molecule has 1 saturated heterocycles. The predicted octanol–water partition coefficient (Wildman–Crippen LogP) is -0.506. The van der Waals surface area contributed by atoms with E-state index in [1.54, 1.807) is 0 Å². The van der Waals surface area contributed by atoms with Gasteiger partial charge in [-0.05, 0) is 44.6 Å². The molecule has 0 aromatic carbocycles. The van der Waals surface area contributed by atoms with Crippen molar-refractivity contribution >= 4 is 23.7 Å². The van der Waals surface area contributed by atoms with Gasteiger partial charge in [-0.15, -0.1) is 0 Å². The molecule has 1 rings (SSSR count). The average molecular weight is 370 g/mol. The van der Waals surface area contributed by atoms with Gasteiger partial charge in [0.15, 0.2) is 0 Å². The second kappa shape index (κ2) is 10.7. The Bertz CT molecular complexity index is 523. The molecule has 0 aliphatic carbocycles. The van der Waals surface area contributed by atoms with Crippen LogP contribution in [0, 0.1) is 5.92 Å². The van der Waals surface area contributed by atoms with Crippen LogP contribution in [0.25, 0.3) is 0 Å². The summed E-state index contributed by atoms with van der Waals surface area (Å²) in [7, 11) is 0. The number of carboxylic acids is 1. The van der Waals surface area contributed by atoms with Gasteiger partial charge in [-0.3, -0.25) is 14.4 Å². The summed E-state index contributed by atoms with van der Waals surface area (Å²) in [5, 5.41) is 17.0. The highest BCUT2D eigenvalue weighted by Gasteiger charge is 2.32. The van der Waals surface area contributed by atoms with Crippen LogP contribution >= 0.6 is 0 Å². The molecule has 0 saturated carbocycles. The molecule has 1 aliphatic rings. The summed E-state index contributed by atoms with van der Waals surface area (Å²) < 4.78 is 0. The van der Waals surface area contributed by atoms with Crippen molar-refractivity contribution in [2.45, 2.75) is 70.5 Å². The molecule has 3 unspecified atom stereocenters. The molecule has 1 fully saturated rings. The third-order valence-electron chi connectivity index (χ3n) is 4.21. The van der Waals surface area contributed by atoms with Crippen LogP contribution < -0.4 is 21.7 Å². The lowest BCUT2D eigenvalue weighted by molar-refractivity contribution is -0.142. The molecule has 0 radical (unpaired) electrons. The van der Waals surface area contributed by atoms with Crippen molar-refractivity contribution in [3.05, 3.63) is 0 Å². The first kappa shape index (κ1) is 21.9. The molecule has 0 spiro atoms. The number of hydrogen-bond acceptors (Lipinski definition) is 5. The number of hydrogen-bond donors (Lipinski definition) is 5. The lowest BCUT2D eigenvalue weighted by atomic mass is 10.0. The topological polar surface area (TPSA) is 151 Å². The van der Waals surface area contributed by atoms with E-state index in [9.17, 15) is 24.3 Å². The fraction of sp³-hybridized carbons (Fsp3) is 0.765. The molecule has 6 N–H and O–H groups in total. The normalized spacial score (nSPS) is 18.9. The van der Waals surface area contributed by atoms with Crippen molar-refractivity contribution in [1.82, 2.24) is 16.0 Å². The van der Waals surface area contributed by atoms with E-state index in [1.165, 1.54) is 0 Å². The van der Waals surface area contributed by atoms with Gasteiger partial charge in [-0.2, -0.15) is 0 Å². The van der Waals surface area contributed by atoms with E-state index in [0.717, 1.165) is 0 Å². The van der Waals surface area contributed by atoms with Crippen LogP contribution in [0.2, 0.25) is 0 Å². The molecule has 3 atom stereocenters. The number of nitrogens with one attached hydrogen (secondary N) is 3. The highest BCUT2D eigenvalue weighted by Crippen LogP contribution is 2.10. The minimum absolute atomic E-state index is 0.115. The van der Waals surface area contributed by atoms with E-state index in [2.05, 4.69) is 16.0 Å². The lowest BCUT2D eigenvalue weighted by Gasteiger charge is -2.24. The van der Waals surface area contributed by atoms with Crippen LogP contribution in [0.1, 0.15) is 52.4 Å². The van der Waals surface area contributed by atoms with Crippen molar-refractivity contribution in [1.29, 1.82) is 0 Å². The van der Waals surface area contributed by atoms with Crippen LogP contribution in [-0.2, 0) is 19.2 Å². The molecular formula is C17H30N4O5. The largest absolute Gasteiger partial charge is 0.480 e. The SMILES string of the molecule is CC(C)CC(NC(=O)C1CCC(=O)N1)C(=O)NC(CCCCN)C(=O)O. The summed E-state index contributed by atoms with van der Waals surface area (Å²) in [5.41, 5.74) is 5.41. The molecule has 0 bridgehead atoms. The van der Waals surface area contributed by atoms with E-state index in [0.29, 0.717) is 32.2 Å².